The standard InChI is InChI=1S/C15H12F4N2O3/c16-10-4-2-1-3-8(10)11(22)7-20-13(23)9-5-6-12(15(17,18)19)21-14(9)24/h1-6,11,22H,7H2,(H,20,23)(H,21,24). The highest BCUT2D eigenvalue weighted by atomic mass is 19.4. The highest BCUT2D eigenvalue weighted by molar-refractivity contribution is 5.93. The largest absolute Gasteiger partial charge is 0.431 e. The maximum atomic E-state index is 13.5. The van der Waals surface area contributed by atoms with Crippen LogP contribution in [0.3, 0.4) is 0 Å². The van der Waals surface area contributed by atoms with E-state index in [0.29, 0.717) is 6.07 Å². The summed E-state index contributed by atoms with van der Waals surface area (Å²) >= 11 is 0. The van der Waals surface area contributed by atoms with Gasteiger partial charge < -0.3 is 15.4 Å². The van der Waals surface area contributed by atoms with Crippen molar-refractivity contribution in [2.75, 3.05) is 6.54 Å². The first-order chi connectivity index (χ1) is 11.2. The van der Waals surface area contributed by atoms with Crippen molar-refractivity contribution >= 4 is 5.91 Å². The Hall–Kier alpha value is -2.68. The van der Waals surface area contributed by atoms with E-state index in [9.17, 15) is 32.3 Å². The zero-order valence-corrected chi connectivity index (χ0v) is 12.0. The molecule has 1 aromatic heterocycles. The second-order valence-electron chi connectivity index (χ2n) is 4.86. The third-order valence-electron chi connectivity index (χ3n) is 3.18. The van der Waals surface area contributed by atoms with E-state index in [1.807, 2.05) is 0 Å². The molecule has 3 N–H and O–H groups in total. The Labute approximate surface area is 132 Å². The molecule has 0 saturated heterocycles. The zero-order chi connectivity index (χ0) is 17.9. The monoisotopic (exact) mass is 344 g/mol. The minimum Gasteiger partial charge on any atom is -0.386 e. The number of carbonyl (C=O) groups excluding carboxylic acids is 1. The molecule has 24 heavy (non-hydrogen) atoms. The molecule has 0 aliphatic carbocycles. The summed E-state index contributed by atoms with van der Waals surface area (Å²) in [7, 11) is 0. The molecular weight excluding hydrogens is 332 g/mol. The lowest BCUT2D eigenvalue weighted by Gasteiger charge is -2.13. The third kappa shape index (κ3) is 3.99. The van der Waals surface area contributed by atoms with Crippen LogP contribution in [0.2, 0.25) is 0 Å². The average Bonchev–Trinajstić information content (AvgIpc) is 2.51. The number of aromatic amines is 1. The van der Waals surface area contributed by atoms with E-state index in [1.54, 1.807) is 4.98 Å². The Morgan fingerprint density at radius 2 is 1.88 bits per heavy atom. The van der Waals surface area contributed by atoms with Crippen LogP contribution in [0.4, 0.5) is 17.6 Å². The van der Waals surface area contributed by atoms with Gasteiger partial charge in [-0.1, -0.05) is 18.2 Å². The number of aliphatic hydroxyl groups excluding tert-OH is 1. The summed E-state index contributed by atoms with van der Waals surface area (Å²) in [6, 6.07) is 6.64. The first kappa shape index (κ1) is 17.7. The lowest BCUT2D eigenvalue weighted by atomic mass is 10.1. The number of amides is 1. The van der Waals surface area contributed by atoms with Crippen molar-refractivity contribution in [3.8, 4) is 0 Å². The SMILES string of the molecule is O=C(NCC(O)c1ccccc1F)c1ccc(C(F)(F)F)[nH]c1=O. The van der Waals surface area contributed by atoms with Crippen LogP contribution in [-0.2, 0) is 6.18 Å². The van der Waals surface area contributed by atoms with Gasteiger partial charge in [0.15, 0.2) is 0 Å². The molecule has 0 saturated carbocycles. The number of H-pyrrole nitrogens is 1. The van der Waals surface area contributed by atoms with Gasteiger partial charge in [0.25, 0.3) is 11.5 Å². The van der Waals surface area contributed by atoms with Gasteiger partial charge in [0, 0.05) is 12.1 Å². The number of benzene rings is 1. The molecule has 0 spiro atoms. The molecule has 0 radical (unpaired) electrons. The van der Waals surface area contributed by atoms with Gasteiger partial charge in [-0.25, -0.2) is 4.39 Å². The number of hydrogen-bond donors (Lipinski definition) is 3. The number of nitrogens with one attached hydrogen (secondary N) is 2. The highest BCUT2D eigenvalue weighted by Crippen LogP contribution is 2.26. The van der Waals surface area contributed by atoms with E-state index in [2.05, 4.69) is 5.32 Å². The number of hydrogen-bond acceptors (Lipinski definition) is 3. The van der Waals surface area contributed by atoms with Gasteiger partial charge in [-0.05, 0) is 18.2 Å². The van der Waals surface area contributed by atoms with Crippen LogP contribution in [0.15, 0.2) is 41.2 Å². The lowest BCUT2D eigenvalue weighted by Crippen LogP contribution is -2.33. The van der Waals surface area contributed by atoms with Crippen LogP contribution < -0.4 is 10.9 Å². The molecule has 9 heteroatoms. The molecule has 2 rings (SSSR count). The van der Waals surface area contributed by atoms with Crippen molar-refractivity contribution < 1.29 is 27.5 Å². The van der Waals surface area contributed by atoms with Crippen molar-refractivity contribution in [1.29, 1.82) is 0 Å². The Bertz CT molecular complexity index is 802. The first-order valence-electron chi connectivity index (χ1n) is 6.71. The fraction of sp³-hybridized carbons (Fsp3) is 0.200. The maximum absolute atomic E-state index is 13.5. The van der Waals surface area contributed by atoms with Gasteiger partial charge in [-0.15, -0.1) is 0 Å². The average molecular weight is 344 g/mol. The van der Waals surface area contributed by atoms with Crippen LogP contribution in [0.5, 0.6) is 0 Å². The molecule has 1 amide bonds. The van der Waals surface area contributed by atoms with Crippen LogP contribution in [-0.4, -0.2) is 22.5 Å². The lowest BCUT2D eigenvalue weighted by molar-refractivity contribution is -0.141. The van der Waals surface area contributed by atoms with Gasteiger partial charge >= 0.3 is 6.18 Å². The second kappa shape index (κ2) is 6.83. The number of aromatic nitrogens is 1. The highest BCUT2D eigenvalue weighted by Gasteiger charge is 2.32. The number of pyridine rings is 1. The van der Waals surface area contributed by atoms with E-state index in [1.165, 1.54) is 18.2 Å². The minimum absolute atomic E-state index is 0.0564. The number of rotatable bonds is 4. The number of carbonyl (C=O) groups is 1. The summed E-state index contributed by atoms with van der Waals surface area (Å²) in [5, 5.41) is 12.0. The summed E-state index contributed by atoms with van der Waals surface area (Å²) < 4.78 is 50.8. The van der Waals surface area contributed by atoms with Gasteiger partial charge in [-0.3, -0.25) is 9.59 Å². The molecule has 1 aromatic carbocycles. The Balaban J connectivity index is 2.08. The van der Waals surface area contributed by atoms with E-state index < -0.39 is 47.4 Å². The molecule has 2 aromatic rings. The van der Waals surface area contributed by atoms with Crippen LogP contribution in [0.25, 0.3) is 0 Å². The molecule has 128 valence electrons. The molecular formula is C15H12F4N2O3. The van der Waals surface area contributed by atoms with Gasteiger partial charge in [0.05, 0.1) is 6.10 Å². The topological polar surface area (TPSA) is 82.2 Å². The molecule has 1 heterocycles. The van der Waals surface area contributed by atoms with E-state index in [0.717, 1.165) is 12.1 Å². The predicted molar refractivity (Wildman–Crippen MR) is 75.8 cm³/mol. The maximum Gasteiger partial charge on any atom is 0.431 e. The molecule has 0 aliphatic heterocycles. The molecule has 5 nitrogen and oxygen atoms in total. The summed E-state index contributed by atoms with van der Waals surface area (Å²) in [6.45, 7) is -0.416. The number of halogens is 4. The van der Waals surface area contributed by atoms with Gasteiger partial charge in [-0.2, -0.15) is 13.2 Å². The number of aliphatic hydroxyl groups is 1. The van der Waals surface area contributed by atoms with Crippen LogP contribution in [0.1, 0.15) is 27.7 Å². The van der Waals surface area contributed by atoms with Crippen molar-refractivity contribution in [3.05, 3.63) is 69.4 Å². The zero-order valence-electron chi connectivity index (χ0n) is 12.0. The Morgan fingerprint density at radius 1 is 1.21 bits per heavy atom. The van der Waals surface area contributed by atoms with Crippen LogP contribution >= 0.6 is 0 Å². The third-order valence-corrected chi connectivity index (χ3v) is 3.18. The first-order valence-corrected chi connectivity index (χ1v) is 6.71. The summed E-state index contributed by atoms with van der Waals surface area (Å²) in [4.78, 5) is 24.9. The molecule has 0 fully saturated rings. The van der Waals surface area contributed by atoms with Crippen LogP contribution in [0, 0.1) is 5.82 Å². The quantitative estimate of drug-likeness (QED) is 0.742. The Kier molecular flexibility index (Phi) is 5.03. The van der Waals surface area contributed by atoms with Gasteiger partial charge in [0.1, 0.15) is 17.1 Å². The summed E-state index contributed by atoms with van der Waals surface area (Å²) in [5.41, 5.74) is -3.11. The Morgan fingerprint density at radius 3 is 2.46 bits per heavy atom. The summed E-state index contributed by atoms with van der Waals surface area (Å²) in [6.07, 6.45) is -6.11. The second-order valence-corrected chi connectivity index (χ2v) is 4.86. The molecule has 1 unspecified atom stereocenters. The summed E-state index contributed by atoms with van der Waals surface area (Å²) in [5.74, 6) is -1.66. The van der Waals surface area contributed by atoms with E-state index >= 15 is 0 Å². The van der Waals surface area contributed by atoms with Crippen molar-refractivity contribution in [2.24, 2.45) is 0 Å². The van der Waals surface area contributed by atoms with Crippen molar-refractivity contribution in [3.63, 3.8) is 0 Å². The smallest absolute Gasteiger partial charge is 0.386 e. The molecule has 0 aliphatic rings. The fourth-order valence-corrected chi connectivity index (χ4v) is 1.96. The fourth-order valence-electron chi connectivity index (χ4n) is 1.96. The molecule has 1 atom stereocenters. The predicted octanol–water partition coefficient (Wildman–Crippen LogP) is 2.00. The van der Waals surface area contributed by atoms with E-state index in [-0.39, 0.29) is 5.56 Å². The number of alkyl halides is 3. The van der Waals surface area contributed by atoms with Crippen molar-refractivity contribution in [2.45, 2.75) is 12.3 Å². The normalized spacial score (nSPS) is 12.7. The van der Waals surface area contributed by atoms with Crippen molar-refractivity contribution in [1.82, 2.24) is 10.3 Å². The van der Waals surface area contributed by atoms with E-state index in [4.69, 9.17) is 0 Å². The van der Waals surface area contributed by atoms with Gasteiger partial charge in [0.2, 0.25) is 0 Å². The molecule has 0 bridgehead atoms. The minimum atomic E-state index is -4.74.